The largest absolute Gasteiger partial charge is 0.495 e. The summed E-state index contributed by atoms with van der Waals surface area (Å²) < 4.78 is 39.6. The van der Waals surface area contributed by atoms with Gasteiger partial charge in [0.25, 0.3) is 0 Å². The van der Waals surface area contributed by atoms with Crippen molar-refractivity contribution in [3.63, 3.8) is 0 Å². The van der Waals surface area contributed by atoms with Crippen molar-refractivity contribution in [3.05, 3.63) is 29.4 Å². The molecule has 2 aromatic heterocycles. The van der Waals surface area contributed by atoms with Crippen LogP contribution in [-0.4, -0.2) is 91.2 Å². The number of fused-ring (bicyclic) bond motifs is 1. The third-order valence-electron chi connectivity index (χ3n) is 7.97. The normalized spacial score (nSPS) is 20.2. The summed E-state index contributed by atoms with van der Waals surface area (Å²) in [6, 6.07) is 5.62. The first kappa shape index (κ1) is 26.6. The summed E-state index contributed by atoms with van der Waals surface area (Å²) >= 11 is 6.39. The van der Waals surface area contributed by atoms with Crippen LogP contribution in [-0.2, 0) is 14.8 Å². The number of nitrogens with one attached hydrogen (secondary N) is 3. The molecule has 39 heavy (non-hydrogen) atoms. The van der Waals surface area contributed by atoms with E-state index in [1.54, 1.807) is 28.7 Å². The number of nitrogens with zero attached hydrogens (tertiary/aromatic N) is 4. The summed E-state index contributed by atoms with van der Waals surface area (Å²) in [4.78, 5) is 15.0. The third kappa shape index (κ3) is 5.40. The SMILES string of the molecule is COc1cc(S(=O)(=O)N2CCC(N3CCOCC3)CC2)ccc1Nc1nc(NC2CCC2)c2c(Cl)c[nH]c2n1. The van der Waals surface area contributed by atoms with Crippen LogP contribution >= 0.6 is 11.6 Å². The summed E-state index contributed by atoms with van der Waals surface area (Å²) in [5.74, 6) is 1.40. The molecule has 3 fully saturated rings. The van der Waals surface area contributed by atoms with Crippen LogP contribution in [0.1, 0.15) is 32.1 Å². The van der Waals surface area contributed by atoms with Crippen molar-refractivity contribution < 1.29 is 17.9 Å². The number of halogens is 1. The summed E-state index contributed by atoms with van der Waals surface area (Å²) in [7, 11) is -2.14. The Kier molecular flexibility index (Phi) is 7.56. The van der Waals surface area contributed by atoms with Gasteiger partial charge in [0.15, 0.2) is 0 Å². The molecule has 3 N–H and O–H groups in total. The van der Waals surface area contributed by atoms with Gasteiger partial charge in [-0.25, -0.2) is 8.42 Å². The molecule has 13 heteroatoms. The molecule has 3 aliphatic rings. The topological polar surface area (TPSA) is 125 Å². The number of aromatic nitrogens is 3. The van der Waals surface area contributed by atoms with E-state index in [2.05, 4.69) is 30.5 Å². The fraction of sp³-hybridized carbons (Fsp3) is 0.538. The number of hydrogen-bond donors (Lipinski definition) is 3. The number of sulfonamides is 1. The third-order valence-corrected chi connectivity index (χ3v) is 10.2. The molecule has 0 amide bonds. The molecule has 0 bridgehead atoms. The minimum absolute atomic E-state index is 0.203. The molecule has 210 valence electrons. The highest BCUT2D eigenvalue weighted by atomic mass is 35.5. The second-order valence-corrected chi connectivity index (χ2v) is 12.6. The molecule has 3 aromatic rings. The van der Waals surface area contributed by atoms with E-state index < -0.39 is 10.0 Å². The van der Waals surface area contributed by atoms with Gasteiger partial charge in [-0.15, -0.1) is 0 Å². The maximum atomic E-state index is 13.5. The Balaban J connectivity index is 1.19. The number of hydrogen-bond acceptors (Lipinski definition) is 9. The van der Waals surface area contributed by atoms with Gasteiger partial charge in [-0.3, -0.25) is 4.90 Å². The van der Waals surface area contributed by atoms with Gasteiger partial charge in [-0.1, -0.05) is 11.6 Å². The summed E-state index contributed by atoms with van der Waals surface area (Å²) in [6.07, 6.45) is 6.69. The molecule has 2 aliphatic heterocycles. The predicted molar refractivity (Wildman–Crippen MR) is 151 cm³/mol. The zero-order valence-corrected chi connectivity index (χ0v) is 23.5. The minimum atomic E-state index is -3.66. The smallest absolute Gasteiger partial charge is 0.243 e. The lowest BCUT2D eigenvalue weighted by atomic mass is 9.93. The number of rotatable bonds is 8. The number of benzene rings is 1. The Labute approximate surface area is 233 Å². The van der Waals surface area contributed by atoms with Crippen LogP contribution in [0.15, 0.2) is 29.3 Å². The summed E-state index contributed by atoms with van der Waals surface area (Å²) in [6.45, 7) is 4.30. The predicted octanol–water partition coefficient (Wildman–Crippen LogP) is 3.81. The first-order valence-electron chi connectivity index (χ1n) is 13.5. The highest BCUT2D eigenvalue weighted by molar-refractivity contribution is 7.89. The fourth-order valence-electron chi connectivity index (χ4n) is 5.50. The van der Waals surface area contributed by atoms with E-state index in [-0.39, 0.29) is 4.90 Å². The second-order valence-electron chi connectivity index (χ2n) is 10.3. The molecule has 0 unspecified atom stereocenters. The lowest BCUT2D eigenvalue weighted by Gasteiger charge is -2.39. The Hall–Kier alpha value is -2.64. The van der Waals surface area contributed by atoms with Crippen molar-refractivity contribution in [2.24, 2.45) is 0 Å². The van der Waals surface area contributed by atoms with Crippen molar-refractivity contribution in [2.75, 3.05) is 57.1 Å². The lowest BCUT2D eigenvalue weighted by Crippen LogP contribution is -2.50. The number of morpholine rings is 1. The molecule has 11 nitrogen and oxygen atoms in total. The zero-order chi connectivity index (χ0) is 27.0. The van der Waals surface area contributed by atoms with Crippen molar-refractivity contribution in [2.45, 2.75) is 49.1 Å². The van der Waals surface area contributed by atoms with E-state index in [0.717, 1.165) is 57.4 Å². The van der Waals surface area contributed by atoms with E-state index in [9.17, 15) is 8.42 Å². The zero-order valence-electron chi connectivity index (χ0n) is 22.0. The monoisotopic (exact) mass is 575 g/mol. The van der Waals surface area contributed by atoms with Crippen LogP contribution in [0.5, 0.6) is 5.75 Å². The van der Waals surface area contributed by atoms with Crippen LogP contribution < -0.4 is 15.4 Å². The van der Waals surface area contributed by atoms with E-state index in [1.165, 1.54) is 13.5 Å². The summed E-state index contributed by atoms with van der Waals surface area (Å²) in [5, 5.41) is 7.98. The number of H-pyrrole nitrogens is 1. The van der Waals surface area contributed by atoms with E-state index in [1.807, 2.05) is 0 Å². The van der Waals surface area contributed by atoms with Gasteiger partial charge in [-0.05, 0) is 44.2 Å². The molecule has 1 aromatic carbocycles. The molecule has 0 atom stereocenters. The van der Waals surface area contributed by atoms with Crippen LogP contribution in [0.25, 0.3) is 11.0 Å². The van der Waals surface area contributed by atoms with Crippen LogP contribution in [0.4, 0.5) is 17.5 Å². The molecule has 6 rings (SSSR count). The number of piperidine rings is 1. The summed E-state index contributed by atoms with van der Waals surface area (Å²) in [5.41, 5.74) is 1.17. The quantitative estimate of drug-likeness (QED) is 0.367. The molecule has 4 heterocycles. The van der Waals surface area contributed by atoms with Crippen molar-refractivity contribution >= 4 is 50.1 Å². The average Bonchev–Trinajstić information content (AvgIpc) is 3.31. The molecule has 1 saturated carbocycles. The second kappa shape index (κ2) is 11.1. The minimum Gasteiger partial charge on any atom is -0.495 e. The number of aromatic amines is 1. The molecular formula is C26H34ClN7O4S. The maximum absolute atomic E-state index is 13.5. The average molecular weight is 576 g/mol. The number of methoxy groups -OCH3 is 1. The van der Waals surface area contributed by atoms with Gasteiger partial charge >= 0.3 is 0 Å². The first-order chi connectivity index (χ1) is 18.9. The van der Waals surface area contributed by atoms with Gasteiger partial charge in [0.2, 0.25) is 16.0 Å². The Morgan fingerprint density at radius 3 is 2.56 bits per heavy atom. The highest BCUT2D eigenvalue weighted by Crippen LogP contribution is 2.35. The van der Waals surface area contributed by atoms with Crippen LogP contribution in [0.3, 0.4) is 0 Å². The standard InChI is InChI=1S/C26H34ClN7O4S/c1-37-22-15-19(39(35,36)34-9-7-18(8-10-34)33-11-13-38-14-12-33)5-6-21(22)30-26-31-24-23(20(27)16-28-24)25(32-26)29-17-3-2-4-17/h5-6,15-18H,2-4,7-14H2,1H3,(H3,28,29,30,31,32). The van der Waals surface area contributed by atoms with Gasteiger partial charge in [0, 0.05) is 50.5 Å². The van der Waals surface area contributed by atoms with Crippen molar-refractivity contribution in [1.29, 1.82) is 0 Å². The van der Waals surface area contributed by atoms with Crippen molar-refractivity contribution in [1.82, 2.24) is 24.2 Å². The molecule has 0 radical (unpaired) electrons. The Morgan fingerprint density at radius 1 is 1.10 bits per heavy atom. The maximum Gasteiger partial charge on any atom is 0.243 e. The first-order valence-corrected chi connectivity index (χ1v) is 15.3. The van der Waals surface area contributed by atoms with E-state index in [4.69, 9.17) is 21.1 Å². The number of ether oxygens (including phenoxy) is 2. The van der Waals surface area contributed by atoms with Gasteiger partial charge in [0.1, 0.15) is 17.2 Å². The molecule has 0 spiro atoms. The molecule has 1 aliphatic carbocycles. The lowest BCUT2D eigenvalue weighted by molar-refractivity contribution is 0.00610. The fourth-order valence-corrected chi connectivity index (χ4v) is 7.22. The van der Waals surface area contributed by atoms with Crippen molar-refractivity contribution in [3.8, 4) is 5.75 Å². The van der Waals surface area contributed by atoms with Gasteiger partial charge < -0.3 is 25.1 Å². The van der Waals surface area contributed by atoms with Crippen LogP contribution in [0.2, 0.25) is 5.02 Å². The molecular weight excluding hydrogens is 542 g/mol. The Bertz CT molecular complexity index is 1430. The Morgan fingerprint density at radius 2 is 1.87 bits per heavy atom. The van der Waals surface area contributed by atoms with Gasteiger partial charge in [0.05, 0.1) is 41.3 Å². The van der Waals surface area contributed by atoms with Gasteiger partial charge in [-0.2, -0.15) is 14.3 Å². The number of anilines is 3. The van der Waals surface area contributed by atoms with E-state index >= 15 is 0 Å². The highest BCUT2D eigenvalue weighted by Gasteiger charge is 2.32. The molecule has 2 saturated heterocycles. The van der Waals surface area contributed by atoms with Crippen LogP contribution in [0, 0.1) is 0 Å². The van der Waals surface area contributed by atoms with E-state index in [0.29, 0.717) is 59.0 Å².